The lowest BCUT2D eigenvalue weighted by Gasteiger charge is -2.11. The van der Waals surface area contributed by atoms with Crippen LogP contribution in [0.2, 0.25) is 0 Å². The van der Waals surface area contributed by atoms with E-state index in [9.17, 15) is 4.39 Å². The number of guanidine groups is 1. The lowest BCUT2D eigenvalue weighted by molar-refractivity contribution is 0.617. The number of hydrogen-bond acceptors (Lipinski definition) is 3. The molecule has 1 aromatic carbocycles. The molecule has 0 spiro atoms. The van der Waals surface area contributed by atoms with Crippen molar-refractivity contribution in [2.45, 2.75) is 33.1 Å². The molecule has 1 aromatic heterocycles. The molecular weight excluding hydrogens is 476 g/mol. The Balaban J connectivity index is 0.00000364. The predicted octanol–water partition coefficient (Wildman–Crippen LogP) is 3.78. The van der Waals surface area contributed by atoms with Crippen LogP contribution >= 0.6 is 35.7 Å². The molecule has 2 rings (SSSR count). The molecule has 0 saturated heterocycles. The van der Waals surface area contributed by atoms with Crippen LogP contribution < -0.4 is 10.6 Å². The van der Waals surface area contributed by atoms with Crippen LogP contribution in [0.15, 0.2) is 29.3 Å². The highest BCUT2D eigenvalue weighted by molar-refractivity contribution is 14.0. The molecule has 2 N–H and O–H groups in total. The molecule has 0 aliphatic carbocycles. The quantitative estimate of drug-likeness (QED) is 0.248. The van der Waals surface area contributed by atoms with E-state index in [-0.39, 0.29) is 29.8 Å². The molecule has 0 fully saturated rings. The molecular formula is C19H29FIN5S. The third kappa shape index (κ3) is 7.33. The molecule has 5 nitrogen and oxygen atoms in total. The summed E-state index contributed by atoms with van der Waals surface area (Å²) in [5.41, 5.74) is 4.08. The molecule has 2 aromatic rings. The topological polar surface area (TPSA) is 54.2 Å². The summed E-state index contributed by atoms with van der Waals surface area (Å²) >= 11 is 1.70. The summed E-state index contributed by atoms with van der Waals surface area (Å²) in [6, 6.07) is 6.93. The summed E-state index contributed by atoms with van der Waals surface area (Å²) in [4.78, 5) is 4.66. The molecule has 27 heavy (non-hydrogen) atoms. The van der Waals surface area contributed by atoms with Crippen molar-refractivity contribution in [3.05, 3.63) is 52.6 Å². The van der Waals surface area contributed by atoms with Gasteiger partial charge in [0.15, 0.2) is 5.96 Å². The Morgan fingerprint density at radius 3 is 2.63 bits per heavy atom. The van der Waals surface area contributed by atoms with Crippen molar-refractivity contribution in [3.63, 3.8) is 0 Å². The minimum Gasteiger partial charge on any atom is -0.357 e. The van der Waals surface area contributed by atoms with Gasteiger partial charge in [-0.05, 0) is 32.4 Å². The summed E-state index contributed by atoms with van der Waals surface area (Å²) in [6.45, 7) is 8.30. The number of rotatable bonds is 8. The van der Waals surface area contributed by atoms with Crippen LogP contribution in [-0.4, -0.2) is 34.6 Å². The van der Waals surface area contributed by atoms with Gasteiger partial charge in [0.05, 0.1) is 12.2 Å². The van der Waals surface area contributed by atoms with E-state index in [1.165, 1.54) is 11.6 Å². The molecule has 0 atom stereocenters. The summed E-state index contributed by atoms with van der Waals surface area (Å²) < 4.78 is 15.5. The highest BCUT2D eigenvalue weighted by Crippen LogP contribution is 2.15. The number of thioether (sulfide) groups is 1. The highest BCUT2D eigenvalue weighted by Gasteiger charge is 2.09. The SMILES string of the molecule is CCNC(=NCc1c(C)nn(C)c1C)NCCSCc1ccccc1F.I. The van der Waals surface area contributed by atoms with E-state index in [4.69, 9.17) is 0 Å². The lowest BCUT2D eigenvalue weighted by Crippen LogP contribution is -2.38. The van der Waals surface area contributed by atoms with Gasteiger partial charge in [0, 0.05) is 42.9 Å². The minimum atomic E-state index is -0.134. The van der Waals surface area contributed by atoms with Gasteiger partial charge in [-0.3, -0.25) is 4.68 Å². The number of nitrogens with one attached hydrogen (secondary N) is 2. The van der Waals surface area contributed by atoms with E-state index in [0.717, 1.165) is 41.8 Å². The van der Waals surface area contributed by atoms with Crippen molar-refractivity contribution < 1.29 is 4.39 Å². The first-order chi connectivity index (χ1) is 12.5. The second-order valence-corrected chi connectivity index (χ2v) is 7.14. The maximum Gasteiger partial charge on any atom is 0.191 e. The van der Waals surface area contributed by atoms with Crippen molar-refractivity contribution in [3.8, 4) is 0 Å². The second-order valence-electron chi connectivity index (χ2n) is 6.04. The van der Waals surface area contributed by atoms with E-state index >= 15 is 0 Å². The molecule has 150 valence electrons. The zero-order chi connectivity index (χ0) is 18.9. The molecule has 0 radical (unpaired) electrons. The van der Waals surface area contributed by atoms with Gasteiger partial charge in [0.1, 0.15) is 5.82 Å². The van der Waals surface area contributed by atoms with Crippen molar-refractivity contribution in [2.75, 3.05) is 18.8 Å². The van der Waals surface area contributed by atoms with Crippen LogP contribution in [0, 0.1) is 19.7 Å². The molecule has 0 saturated carbocycles. The second kappa shape index (κ2) is 12.2. The minimum absolute atomic E-state index is 0. The van der Waals surface area contributed by atoms with Crippen molar-refractivity contribution >= 4 is 41.7 Å². The van der Waals surface area contributed by atoms with Crippen molar-refractivity contribution in [1.82, 2.24) is 20.4 Å². The van der Waals surface area contributed by atoms with Crippen LogP contribution in [-0.2, 0) is 19.3 Å². The summed E-state index contributed by atoms with van der Waals surface area (Å²) in [5.74, 6) is 2.21. The zero-order valence-electron chi connectivity index (χ0n) is 16.4. The van der Waals surface area contributed by atoms with Crippen molar-refractivity contribution in [1.29, 1.82) is 0 Å². The van der Waals surface area contributed by atoms with Gasteiger partial charge in [-0.25, -0.2) is 9.38 Å². The molecule has 8 heteroatoms. The Bertz CT molecular complexity index is 748. The maximum absolute atomic E-state index is 13.6. The standard InChI is InChI=1S/C19H28FN5S.HI/c1-5-21-19(23-12-17-14(2)24-25(4)15(17)3)22-10-11-26-13-16-8-6-7-9-18(16)20;/h6-9H,5,10-13H2,1-4H3,(H2,21,22,23);1H. The average Bonchev–Trinajstić information content (AvgIpc) is 2.86. The number of aromatic nitrogens is 2. The fourth-order valence-electron chi connectivity index (χ4n) is 2.59. The van der Waals surface area contributed by atoms with Gasteiger partial charge >= 0.3 is 0 Å². The van der Waals surface area contributed by atoms with Crippen LogP contribution in [0.25, 0.3) is 0 Å². The van der Waals surface area contributed by atoms with E-state index in [0.29, 0.717) is 12.3 Å². The van der Waals surface area contributed by atoms with Gasteiger partial charge in [0.2, 0.25) is 0 Å². The fraction of sp³-hybridized carbons (Fsp3) is 0.474. The molecule has 0 unspecified atom stereocenters. The molecule has 0 bridgehead atoms. The third-order valence-corrected chi connectivity index (χ3v) is 5.16. The lowest BCUT2D eigenvalue weighted by atomic mass is 10.2. The summed E-state index contributed by atoms with van der Waals surface area (Å²) in [7, 11) is 1.95. The Morgan fingerprint density at radius 2 is 2.00 bits per heavy atom. The Hall–Kier alpha value is -1.29. The first kappa shape index (κ1) is 23.7. The number of nitrogens with zero attached hydrogens (tertiary/aromatic N) is 3. The maximum atomic E-state index is 13.6. The van der Waals surface area contributed by atoms with Gasteiger partial charge in [0.25, 0.3) is 0 Å². The first-order valence-corrected chi connectivity index (χ1v) is 10.0. The van der Waals surface area contributed by atoms with E-state index in [1.807, 2.05) is 37.7 Å². The smallest absolute Gasteiger partial charge is 0.191 e. The van der Waals surface area contributed by atoms with Gasteiger partial charge in [-0.2, -0.15) is 16.9 Å². The normalized spacial score (nSPS) is 11.2. The van der Waals surface area contributed by atoms with E-state index in [1.54, 1.807) is 17.8 Å². The monoisotopic (exact) mass is 505 g/mol. The predicted molar refractivity (Wildman–Crippen MR) is 123 cm³/mol. The molecule has 1 heterocycles. The molecule has 0 amide bonds. The number of aliphatic imine (C=N–C) groups is 1. The summed E-state index contributed by atoms with van der Waals surface area (Å²) in [6.07, 6.45) is 0. The average molecular weight is 505 g/mol. The number of aryl methyl sites for hydroxylation is 2. The van der Waals surface area contributed by atoms with Crippen molar-refractivity contribution in [2.24, 2.45) is 12.0 Å². The van der Waals surface area contributed by atoms with Gasteiger partial charge in [-0.15, -0.1) is 24.0 Å². The molecule has 0 aliphatic rings. The van der Waals surface area contributed by atoms with Gasteiger partial charge in [-0.1, -0.05) is 18.2 Å². The van der Waals surface area contributed by atoms with Crippen LogP contribution in [0.4, 0.5) is 4.39 Å². The zero-order valence-corrected chi connectivity index (χ0v) is 19.5. The van der Waals surface area contributed by atoms with Crippen LogP contribution in [0.5, 0.6) is 0 Å². The van der Waals surface area contributed by atoms with Gasteiger partial charge < -0.3 is 10.6 Å². The largest absolute Gasteiger partial charge is 0.357 e. The fourth-order valence-corrected chi connectivity index (χ4v) is 3.43. The van der Waals surface area contributed by atoms with Crippen LogP contribution in [0.1, 0.15) is 29.4 Å². The van der Waals surface area contributed by atoms with Crippen LogP contribution in [0.3, 0.4) is 0 Å². The van der Waals surface area contributed by atoms with E-state index in [2.05, 4.69) is 27.6 Å². The first-order valence-electron chi connectivity index (χ1n) is 8.85. The third-order valence-electron chi connectivity index (χ3n) is 4.15. The summed E-state index contributed by atoms with van der Waals surface area (Å²) in [5, 5.41) is 11.0. The Kier molecular flexibility index (Phi) is 10.8. The molecule has 0 aliphatic heterocycles. The number of benzene rings is 1. The van der Waals surface area contributed by atoms with E-state index < -0.39 is 0 Å². The Labute approximate surface area is 182 Å². The number of hydrogen-bond donors (Lipinski definition) is 2. The number of halogens is 2. The highest BCUT2D eigenvalue weighted by atomic mass is 127. The Morgan fingerprint density at radius 1 is 1.26 bits per heavy atom.